The molecule has 0 bridgehead atoms. The van der Waals surface area contributed by atoms with Crippen molar-refractivity contribution in [2.24, 2.45) is 0 Å². The van der Waals surface area contributed by atoms with E-state index in [1.165, 1.54) is 6.07 Å². The lowest BCUT2D eigenvalue weighted by Crippen LogP contribution is -2.23. The first kappa shape index (κ1) is 14.2. The Morgan fingerprint density at radius 3 is 2.60 bits per heavy atom. The van der Waals surface area contributed by atoms with Gasteiger partial charge in [-0.05, 0) is 36.2 Å². The second kappa shape index (κ2) is 7.42. The van der Waals surface area contributed by atoms with E-state index in [1.807, 2.05) is 36.4 Å². The molecule has 0 fully saturated rings. The Kier molecular flexibility index (Phi) is 5.28. The molecule has 1 atom stereocenters. The molecule has 0 aromatic heterocycles. The van der Waals surface area contributed by atoms with Crippen LogP contribution in [-0.2, 0) is 6.42 Å². The van der Waals surface area contributed by atoms with Gasteiger partial charge in [0.2, 0.25) is 0 Å². The van der Waals surface area contributed by atoms with Gasteiger partial charge in [-0.15, -0.1) is 0 Å². The third-order valence-corrected chi connectivity index (χ3v) is 3.19. The van der Waals surface area contributed by atoms with Gasteiger partial charge in [-0.25, -0.2) is 4.39 Å². The fraction of sp³-hybridized carbons (Fsp3) is 0.235. The molecule has 0 heterocycles. The van der Waals surface area contributed by atoms with E-state index in [0.717, 1.165) is 17.5 Å². The summed E-state index contributed by atoms with van der Waals surface area (Å²) in [5.41, 5.74) is 2.06. The third-order valence-electron chi connectivity index (χ3n) is 3.19. The quantitative estimate of drug-likeness (QED) is 0.868. The summed E-state index contributed by atoms with van der Waals surface area (Å²) >= 11 is 0. The lowest BCUT2D eigenvalue weighted by atomic mass is 10.0. The van der Waals surface area contributed by atoms with Crippen LogP contribution in [0.25, 0.3) is 0 Å². The van der Waals surface area contributed by atoms with Crippen LogP contribution >= 0.6 is 0 Å². The fourth-order valence-corrected chi connectivity index (χ4v) is 2.17. The summed E-state index contributed by atoms with van der Waals surface area (Å²) in [5.74, 6) is -0.209. The Morgan fingerprint density at radius 2 is 1.90 bits per heavy atom. The third kappa shape index (κ3) is 4.18. The SMILES string of the molecule is N#CCC(NCCc1cccc(F)c1)c1ccccc1. The second-order valence-corrected chi connectivity index (χ2v) is 4.66. The Morgan fingerprint density at radius 1 is 1.10 bits per heavy atom. The molecule has 0 spiro atoms. The average molecular weight is 268 g/mol. The van der Waals surface area contributed by atoms with Crippen LogP contribution in [-0.4, -0.2) is 6.54 Å². The van der Waals surface area contributed by atoms with Gasteiger partial charge in [0.05, 0.1) is 12.5 Å². The highest BCUT2D eigenvalue weighted by molar-refractivity contribution is 5.20. The molecule has 2 nitrogen and oxygen atoms in total. The number of hydrogen-bond acceptors (Lipinski definition) is 2. The summed E-state index contributed by atoms with van der Waals surface area (Å²) in [4.78, 5) is 0. The highest BCUT2D eigenvalue weighted by Crippen LogP contribution is 2.15. The van der Waals surface area contributed by atoms with Gasteiger partial charge in [-0.2, -0.15) is 5.26 Å². The van der Waals surface area contributed by atoms with Crippen molar-refractivity contribution >= 4 is 0 Å². The second-order valence-electron chi connectivity index (χ2n) is 4.66. The molecule has 1 unspecified atom stereocenters. The lowest BCUT2D eigenvalue weighted by molar-refractivity contribution is 0.544. The van der Waals surface area contributed by atoms with E-state index in [0.29, 0.717) is 13.0 Å². The number of hydrogen-bond donors (Lipinski definition) is 1. The van der Waals surface area contributed by atoms with Gasteiger partial charge >= 0.3 is 0 Å². The van der Waals surface area contributed by atoms with Crippen molar-refractivity contribution in [2.45, 2.75) is 18.9 Å². The molecular weight excluding hydrogens is 251 g/mol. The first-order valence-electron chi connectivity index (χ1n) is 6.69. The molecular formula is C17H17FN2. The molecule has 0 saturated heterocycles. The Hall–Kier alpha value is -2.18. The molecule has 20 heavy (non-hydrogen) atoms. The van der Waals surface area contributed by atoms with Gasteiger partial charge < -0.3 is 5.32 Å². The van der Waals surface area contributed by atoms with Crippen LogP contribution in [0.15, 0.2) is 54.6 Å². The van der Waals surface area contributed by atoms with Crippen molar-refractivity contribution in [3.05, 3.63) is 71.5 Å². The summed E-state index contributed by atoms with van der Waals surface area (Å²) in [6.07, 6.45) is 1.17. The molecule has 0 aliphatic carbocycles. The highest BCUT2D eigenvalue weighted by Gasteiger charge is 2.09. The van der Waals surface area contributed by atoms with Gasteiger partial charge in [0.15, 0.2) is 0 Å². The van der Waals surface area contributed by atoms with E-state index in [-0.39, 0.29) is 11.9 Å². The zero-order valence-electron chi connectivity index (χ0n) is 11.2. The molecule has 0 aliphatic heterocycles. The van der Waals surface area contributed by atoms with Gasteiger partial charge in [0.1, 0.15) is 5.82 Å². The van der Waals surface area contributed by atoms with E-state index in [4.69, 9.17) is 5.26 Å². The predicted octanol–water partition coefficient (Wildman–Crippen LogP) is 3.61. The van der Waals surface area contributed by atoms with E-state index >= 15 is 0 Å². The largest absolute Gasteiger partial charge is 0.309 e. The summed E-state index contributed by atoms with van der Waals surface area (Å²) < 4.78 is 13.1. The Labute approximate surface area is 118 Å². The number of halogens is 1. The average Bonchev–Trinajstić information content (AvgIpc) is 2.47. The molecule has 0 radical (unpaired) electrons. The number of benzene rings is 2. The van der Waals surface area contributed by atoms with Gasteiger partial charge in [0, 0.05) is 6.04 Å². The molecule has 2 aromatic carbocycles. The number of rotatable bonds is 6. The standard InChI is InChI=1S/C17H17FN2/c18-16-8-4-5-14(13-16)10-12-20-17(9-11-19)15-6-2-1-3-7-15/h1-8,13,17,20H,9-10,12H2. The van der Waals surface area contributed by atoms with Crippen molar-refractivity contribution in [3.8, 4) is 6.07 Å². The summed E-state index contributed by atoms with van der Waals surface area (Å²) in [6.45, 7) is 0.713. The topological polar surface area (TPSA) is 35.8 Å². The highest BCUT2D eigenvalue weighted by atomic mass is 19.1. The number of nitriles is 1. The number of nitrogens with one attached hydrogen (secondary N) is 1. The van der Waals surface area contributed by atoms with Gasteiger partial charge in [-0.3, -0.25) is 0 Å². The van der Waals surface area contributed by atoms with E-state index in [1.54, 1.807) is 12.1 Å². The fourth-order valence-electron chi connectivity index (χ4n) is 2.17. The smallest absolute Gasteiger partial charge is 0.123 e. The molecule has 3 heteroatoms. The molecule has 1 N–H and O–H groups in total. The summed E-state index contributed by atoms with van der Waals surface area (Å²) in [5, 5.41) is 12.3. The van der Waals surface area contributed by atoms with Gasteiger partial charge in [0.25, 0.3) is 0 Å². The van der Waals surface area contributed by atoms with E-state index in [2.05, 4.69) is 11.4 Å². The first-order valence-corrected chi connectivity index (χ1v) is 6.69. The zero-order valence-corrected chi connectivity index (χ0v) is 11.2. The van der Waals surface area contributed by atoms with Crippen LogP contribution in [0.4, 0.5) is 4.39 Å². The molecule has 0 saturated carbocycles. The maximum atomic E-state index is 13.1. The van der Waals surface area contributed by atoms with Crippen molar-refractivity contribution in [1.82, 2.24) is 5.32 Å². The summed E-state index contributed by atoms with van der Waals surface area (Å²) in [7, 11) is 0. The predicted molar refractivity (Wildman–Crippen MR) is 77.5 cm³/mol. The number of nitrogens with zero attached hydrogens (tertiary/aromatic N) is 1. The van der Waals surface area contributed by atoms with Crippen LogP contribution in [0.2, 0.25) is 0 Å². The minimum Gasteiger partial charge on any atom is -0.309 e. The van der Waals surface area contributed by atoms with E-state index < -0.39 is 0 Å². The maximum absolute atomic E-state index is 13.1. The Balaban J connectivity index is 1.92. The first-order chi connectivity index (χ1) is 9.79. The van der Waals surface area contributed by atoms with Crippen LogP contribution < -0.4 is 5.32 Å². The zero-order chi connectivity index (χ0) is 14.2. The van der Waals surface area contributed by atoms with E-state index in [9.17, 15) is 4.39 Å². The van der Waals surface area contributed by atoms with Crippen molar-refractivity contribution in [3.63, 3.8) is 0 Å². The molecule has 2 aromatic rings. The molecule has 0 amide bonds. The molecule has 102 valence electrons. The maximum Gasteiger partial charge on any atom is 0.123 e. The van der Waals surface area contributed by atoms with Gasteiger partial charge in [-0.1, -0.05) is 42.5 Å². The lowest BCUT2D eigenvalue weighted by Gasteiger charge is -2.16. The Bertz CT molecular complexity index is 575. The van der Waals surface area contributed by atoms with Crippen molar-refractivity contribution in [1.29, 1.82) is 5.26 Å². The minimum atomic E-state index is -0.209. The normalized spacial score (nSPS) is 11.8. The van der Waals surface area contributed by atoms with Crippen molar-refractivity contribution in [2.75, 3.05) is 6.54 Å². The van der Waals surface area contributed by atoms with Crippen LogP contribution in [0.5, 0.6) is 0 Å². The minimum absolute atomic E-state index is 0.0229. The van der Waals surface area contributed by atoms with Crippen LogP contribution in [0.3, 0.4) is 0 Å². The molecule has 0 aliphatic rings. The molecule has 2 rings (SSSR count). The van der Waals surface area contributed by atoms with Crippen LogP contribution in [0, 0.1) is 17.1 Å². The van der Waals surface area contributed by atoms with Crippen molar-refractivity contribution < 1.29 is 4.39 Å². The van der Waals surface area contributed by atoms with Crippen LogP contribution in [0.1, 0.15) is 23.6 Å². The monoisotopic (exact) mass is 268 g/mol. The summed E-state index contributed by atoms with van der Waals surface area (Å²) in [6, 6.07) is 18.8.